The maximum atomic E-state index is 13.3. The molecule has 1 aromatic carbocycles. The Kier molecular flexibility index (Phi) is 8.33. The number of nitrogens with zero attached hydrogens (tertiary/aromatic N) is 3. The van der Waals surface area contributed by atoms with Crippen molar-refractivity contribution in [1.29, 1.82) is 0 Å². The SMILES string of the molecule is COc1cc(C(=O)NC(CCC(=O)O)C(=O)N2CCN(C(=O)NC(C)(C)C)CC2)nc2ccccc12. The summed E-state index contributed by atoms with van der Waals surface area (Å²) in [5.41, 5.74) is 0.234. The van der Waals surface area contributed by atoms with Crippen LogP contribution in [0.2, 0.25) is 0 Å². The molecule has 2 aromatic rings. The van der Waals surface area contributed by atoms with Crippen molar-refractivity contribution in [3.63, 3.8) is 0 Å². The molecule has 1 fully saturated rings. The van der Waals surface area contributed by atoms with Crippen molar-refractivity contribution in [2.45, 2.75) is 45.2 Å². The van der Waals surface area contributed by atoms with Crippen LogP contribution in [0.4, 0.5) is 4.79 Å². The van der Waals surface area contributed by atoms with E-state index in [0.29, 0.717) is 24.4 Å². The van der Waals surface area contributed by atoms with E-state index in [-0.39, 0.29) is 43.2 Å². The minimum absolute atomic E-state index is 0.0577. The third-order valence-electron chi connectivity index (χ3n) is 5.74. The third-order valence-corrected chi connectivity index (χ3v) is 5.74. The Morgan fingerprint density at radius 1 is 1.08 bits per heavy atom. The second-order valence-corrected chi connectivity index (χ2v) is 9.68. The van der Waals surface area contributed by atoms with Crippen molar-refractivity contribution in [1.82, 2.24) is 25.4 Å². The fourth-order valence-electron chi connectivity index (χ4n) is 3.94. The molecule has 1 unspecified atom stereocenters. The fraction of sp³-hybridized carbons (Fsp3) is 0.480. The van der Waals surface area contributed by atoms with Crippen LogP contribution >= 0.6 is 0 Å². The molecule has 1 aromatic heterocycles. The zero-order valence-corrected chi connectivity index (χ0v) is 21.0. The monoisotopic (exact) mass is 499 g/mol. The molecule has 11 nitrogen and oxygen atoms in total. The fourth-order valence-corrected chi connectivity index (χ4v) is 3.94. The lowest BCUT2D eigenvalue weighted by Gasteiger charge is -2.37. The average molecular weight is 500 g/mol. The van der Waals surface area contributed by atoms with Gasteiger partial charge in [-0.15, -0.1) is 0 Å². The second-order valence-electron chi connectivity index (χ2n) is 9.68. The molecule has 0 radical (unpaired) electrons. The van der Waals surface area contributed by atoms with E-state index in [1.165, 1.54) is 13.2 Å². The predicted octanol–water partition coefficient (Wildman–Crippen LogP) is 1.86. The summed E-state index contributed by atoms with van der Waals surface area (Å²) in [5, 5.41) is 15.5. The third kappa shape index (κ3) is 6.83. The number of amides is 4. The molecule has 3 rings (SSSR count). The van der Waals surface area contributed by atoms with Crippen molar-refractivity contribution in [3.05, 3.63) is 36.0 Å². The Bertz CT molecular complexity index is 1140. The van der Waals surface area contributed by atoms with Gasteiger partial charge in [0.1, 0.15) is 17.5 Å². The number of pyridine rings is 1. The number of carboxylic acids is 1. The van der Waals surface area contributed by atoms with E-state index in [1.807, 2.05) is 32.9 Å². The highest BCUT2D eigenvalue weighted by atomic mass is 16.5. The molecule has 11 heteroatoms. The number of nitrogens with one attached hydrogen (secondary N) is 2. The normalized spacial score (nSPS) is 14.8. The molecule has 0 bridgehead atoms. The number of carboxylic acid groups (broad SMARTS) is 1. The molecule has 194 valence electrons. The highest BCUT2D eigenvalue weighted by molar-refractivity contribution is 5.99. The second kappa shape index (κ2) is 11.2. The first-order chi connectivity index (χ1) is 17.0. The van der Waals surface area contributed by atoms with Crippen molar-refractivity contribution in [3.8, 4) is 5.75 Å². The standard InChI is InChI=1S/C25H33N5O6/c1-25(2,3)28-24(35)30-13-11-29(12-14-30)23(34)18(9-10-21(31)32)27-22(33)19-15-20(36-4)16-7-5-6-8-17(16)26-19/h5-8,15,18H,9-14H2,1-4H3,(H,27,33)(H,28,35)(H,31,32). The maximum absolute atomic E-state index is 13.3. The number of benzene rings is 1. The van der Waals surface area contributed by atoms with E-state index in [9.17, 15) is 19.2 Å². The van der Waals surface area contributed by atoms with Gasteiger partial charge in [0.15, 0.2) is 0 Å². The highest BCUT2D eigenvalue weighted by Crippen LogP contribution is 2.25. The van der Waals surface area contributed by atoms with E-state index in [4.69, 9.17) is 9.84 Å². The Morgan fingerprint density at radius 3 is 2.33 bits per heavy atom. The van der Waals surface area contributed by atoms with Gasteiger partial charge in [-0.05, 0) is 39.3 Å². The number of para-hydroxylation sites is 1. The van der Waals surface area contributed by atoms with Crippen LogP contribution in [0.3, 0.4) is 0 Å². The maximum Gasteiger partial charge on any atom is 0.317 e. The summed E-state index contributed by atoms with van der Waals surface area (Å²) in [7, 11) is 1.49. The molecule has 2 heterocycles. The summed E-state index contributed by atoms with van der Waals surface area (Å²) in [6, 6.07) is 7.42. The molecule has 1 atom stereocenters. The van der Waals surface area contributed by atoms with Gasteiger partial charge < -0.3 is 30.3 Å². The number of carbonyl (C=O) groups excluding carboxylic acids is 3. The number of hydrogen-bond donors (Lipinski definition) is 3. The number of ether oxygens (including phenoxy) is 1. The Morgan fingerprint density at radius 2 is 1.72 bits per heavy atom. The van der Waals surface area contributed by atoms with Crippen LogP contribution in [0.1, 0.15) is 44.1 Å². The van der Waals surface area contributed by atoms with Crippen molar-refractivity contribution in [2.24, 2.45) is 0 Å². The first-order valence-electron chi connectivity index (χ1n) is 11.8. The summed E-state index contributed by atoms with van der Waals surface area (Å²) >= 11 is 0. The molecule has 3 N–H and O–H groups in total. The topological polar surface area (TPSA) is 141 Å². The van der Waals surface area contributed by atoms with Crippen LogP contribution in [0.5, 0.6) is 5.75 Å². The molecule has 1 aliphatic heterocycles. The molecule has 0 spiro atoms. The van der Waals surface area contributed by atoms with Gasteiger partial charge in [-0.2, -0.15) is 0 Å². The van der Waals surface area contributed by atoms with Gasteiger partial charge in [0, 0.05) is 49.6 Å². The van der Waals surface area contributed by atoms with E-state index in [0.717, 1.165) is 5.39 Å². The summed E-state index contributed by atoms with van der Waals surface area (Å²) < 4.78 is 5.39. The van der Waals surface area contributed by atoms with Crippen LogP contribution in [0.15, 0.2) is 30.3 Å². The first-order valence-corrected chi connectivity index (χ1v) is 11.8. The minimum Gasteiger partial charge on any atom is -0.496 e. The molecule has 0 aliphatic carbocycles. The molecule has 1 aliphatic rings. The van der Waals surface area contributed by atoms with Crippen LogP contribution in [0, 0.1) is 0 Å². The van der Waals surface area contributed by atoms with E-state index in [1.54, 1.807) is 21.9 Å². The number of urea groups is 1. The van der Waals surface area contributed by atoms with Gasteiger partial charge in [-0.1, -0.05) is 12.1 Å². The molecular formula is C25H33N5O6. The number of aromatic nitrogens is 1. The van der Waals surface area contributed by atoms with Crippen molar-refractivity contribution in [2.75, 3.05) is 33.3 Å². The average Bonchev–Trinajstić information content (AvgIpc) is 2.84. The van der Waals surface area contributed by atoms with Gasteiger partial charge in [-0.3, -0.25) is 14.4 Å². The molecular weight excluding hydrogens is 466 g/mol. The molecule has 1 saturated heterocycles. The van der Waals surface area contributed by atoms with E-state index < -0.39 is 23.8 Å². The first kappa shape index (κ1) is 26.7. The lowest BCUT2D eigenvalue weighted by atomic mass is 10.1. The van der Waals surface area contributed by atoms with Crippen LogP contribution in [-0.4, -0.2) is 88.6 Å². The zero-order chi connectivity index (χ0) is 26.5. The van der Waals surface area contributed by atoms with Crippen LogP contribution < -0.4 is 15.4 Å². The Balaban J connectivity index is 1.72. The Labute approximate surface area is 209 Å². The molecule has 36 heavy (non-hydrogen) atoms. The van der Waals surface area contributed by atoms with Gasteiger partial charge >= 0.3 is 12.0 Å². The van der Waals surface area contributed by atoms with Crippen molar-refractivity contribution < 1.29 is 29.0 Å². The number of methoxy groups -OCH3 is 1. The van der Waals surface area contributed by atoms with Gasteiger partial charge in [0.2, 0.25) is 5.91 Å². The minimum atomic E-state index is -1.07. The predicted molar refractivity (Wildman–Crippen MR) is 133 cm³/mol. The molecule has 0 saturated carbocycles. The molecule has 4 amide bonds. The number of piperazine rings is 1. The number of rotatable bonds is 7. The largest absolute Gasteiger partial charge is 0.496 e. The van der Waals surface area contributed by atoms with Gasteiger partial charge in [-0.25, -0.2) is 9.78 Å². The van der Waals surface area contributed by atoms with Crippen molar-refractivity contribution >= 4 is 34.7 Å². The Hall–Kier alpha value is -3.89. The lowest BCUT2D eigenvalue weighted by Crippen LogP contribution is -2.58. The number of hydrogen-bond acceptors (Lipinski definition) is 6. The highest BCUT2D eigenvalue weighted by Gasteiger charge is 2.31. The number of aliphatic carboxylic acids is 1. The van der Waals surface area contributed by atoms with Crippen LogP contribution in [-0.2, 0) is 9.59 Å². The summed E-state index contributed by atoms with van der Waals surface area (Å²) in [4.78, 5) is 57.5. The summed E-state index contributed by atoms with van der Waals surface area (Å²) in [5.74, 6) is -1.61. The quantitative estimate of drug-likeness (QED) is 0.528. The summed E-state index contributed by atoms with van der Waals surface area (Å²) in [6.45, 7) is 6.88. The smallest absolute Gasteiger partial charge is 0.317 e. The van der Waals surface area contributed by atoms with Gasteiger partial charge in [0.05, 0.1) is 12.6 Å². The number of carbonyl (C=O) groups is 4. The van der Waals surface area contributed by atoms with E-state index in [2.05, 4.69) is 15.6 Å². The lowest BCUT2D eigenvalue weighted by molar-refractivity contribution is -0.138. The number of fused-ring (bicyclic) bond motifs is 1. The van der Waals surface area contributed by atoms with E-state index >= 15 is 0 Å². The van der Waals surface area contributed by atoms with Gasteiger partial charge in [0.25, 0.3) is 5.91 Å². The van der Waals surface area contributed by atoms with Crippen LogP contribution in [0.25, 0.3) is 10.9 Å². The zero-order valence-electron chi connectivity index (χ0n) is 21.0. The summed E-state index contributed by atoms with van der Waals surface area (Å²) in [6.07, 6.45) is -0.367.